The fourth-order valence-electron chi connectivity index (χ4n) is 2.92. The second kappa shape index (κ2) is 10.4. The van der Waals surface area contributed by atoms with Gasteiger partial charge in [0.25, 0.3) is 0 Å². The third-order valence-corrected chi connectivity index (χ3v) is 6.33. The zero-order valence-corrected chi connectivity index (χ0v) is 18.4. The summed E-state index contributed by atoms with van der Waals surface area (Å²) in [5.74, 6) is 3.38. The molecule has 3 aromatic carbocycles. The highest BCUT2D eigenvalue weighted by atomic mass is 32.2. The standard InChI is InChI=1S/C24H23N3OS2/c1-19-12-14-22(15-13-19)30-18-23-25-26-24(27(23)20-8-4-2-5-9-20)29-17-16-28-21-10-6-3-7-11-21/h2-15H,16-18H2,1H3. The van der Waals surface area contributed by atoms with E-state index in [0.717, 1.165) is 33.9 Å². The van der Waals surface area contributed by atoms with Crippen LogP contribution in [0.4, 0.5) is 0 Å². The highest BCUT2D eigenvalue weighted by Crippen LogP contribution is 2.27. The SMILES string of the molecule is Cc1ccc(SCc2nnc(SCCOc3ccccc3)n2-c2ccccc2)cc1. The molecule has 0 bridgehead atoms. The lowest BCUT2D eigenvalue weighted by molar-refractivity contribution is 0.344. The van der Waals surface area contributed by atoms with Crippen molar-refractivity contribution in [3.8, 4) is 11.4 Å². The van der Waals surface area contributed by atoms with E-state index in [-0.39, 0.29) is 0 Å². The first kappa shape index (κ1) is 20.6. The highest BCUT2D eigenvalue weighted by Gasteiger charge is 2.14. The van der Waals surface area contributed by atoms with Crippen molar-refractivity contribution in [2.45, 2.75) is 22.7 Å². The normalized spacial score (nSPS) is 10.8. The van der Waals surface area contributed by atoms with E-state index in [9.17, 15) is 0 Å². The van der Waals surface area contributed by atoms with Crippen LogP contribution in [0.1, 0.15) is 11.4 Å². The van der Waals surface area contributed by atoms with E-state index in [1.807, 2.05) is 48.5 Å². The number of rotatable bonds is 9. The maximum atomic E-state index is 5.81. The summed E-state index contributed by atoms with van der Waals surface area (Å²) in [4.78, 5) is 1.23. The molecule has 0 aliphatic heterocycles. The van der Waals surface area contributed by atoms with E-state index < -0.39 is 0 Å². The Kier molecular flexibility index (Phi) is 7.11. The summed E-state index contributed by atoms with van der Waals surface area (Å²) in [6.07, 6.45) is 0. The number of thioether (sulfide) groups is 2. The minimum atomic E-state index is 0.615. The molecule has 152 valence electrons. The van der Waals surface area contributed by atoms with Crippen LogP contribution in [0.2, 0.25) is 0 Å². The van der Waals surface area contributed by atoms with E-state index in [4.69, 9.17) is 4.74 Å². The Bertz CT molecular complexity index is 1050. The molecule has 0 radical (unpaired) electrons. The molecule has 4 nitrogen and oxygen atoms in total. The molecule has 0 N–H and O–H groups in total. The number of para-hydroxylation sites is 2. The molecule has 0 atom stereocenters. The largest absolute Gasteiger partial charge is 0.493 e. The quantitative estimate of drug-likeness (QED) is 0.238. The van der Waals surface area contributed by atoms with Crippen molar-refractivity contribution in [3.63, 3.8) is 0 Å². The van der Waals surface area contributed by atoms with E-state index in [1.165, 1.54) is 10.5 Å². The van der Waals surface area contributed by atoms with E-state index in [2.05, 4.69) is 58.1 Å². The van der Waals surface area contributed by atoms with Gasteiger partial charge in [0.1, 0.15) is 11.6 Å². The number of aryl methyl sites for hydroxylation is 1. The van der Waals surface area contributed by atoms with Gasteiger partial charge in [-0.2, -0.15) is 0 Å². The third-order valence-electron chi connectivity index (χ3n) is 4.43. The van der Waals surface area contributed by atoms with Crippen molar-refractivity contribution in [2.75, 3.05) is 12.4 Å². The predicted molar refractivity (Wildman–Crippen MR) is 125 cm³/mol. The molecule has 4 aromatic rings. The van der Waals surface area contributed by atoms with Crippen LogP contribution < -0.4 is 4.74 Å². The third kappa shape index (κ3) is 5.46. The van der Waals surface area contributed by atoms with Crippen LogP contribution in [0.25, 0.3) is 5.69 Å². The van der Waals surface area contributed by atoms with Crippen LogP contribution >= 0.6 is 23.5 Å². The predicted octanol–water partition coefficient (Wildman–Crippen LogP) is 6.04. The van der Waals surface area contributed by atoms with Crippen LogP contribution in [0, 0.1) is 6.92 Å². The Labute approximate surface area is 185 Å². The lowest BCUT2D eigenvalue weighted by Gasteiger charge is -2.10. The minimum Gasteiger partial charge on any atom is -0.493 e. The molecular formula is C24H23N3OS2. The zero-order chi connectivity index (χ0) is 20.6. The van der Waals surface area contributed by atoms with E-state index in [1.54, 1.807) is 23.5 Å². The van der Waals surface area contributed by atoms with Gasteiger partial charge in [-0.25, -0.2) is 0 Å². The Hall–Kier alpha value is -2.70. The van der Waals surface area contributed by atoms with Crippen LogP contribution in [0.15, 0.2) is 95.0 Å². The molecule has 0 saturated heterocycles. The Morgan fingerprint density at radius 1 is 0.800 bits per heavy atom. The number of hydrogen-bond acceptors (Lipinski definition) is 5. The lowest BCUT2D eigenvalue weighted by Crippen LogP contribution is -2.04. The number of nitrogens with zero attached hydrogens (tertiary/aromatic N) is 3. The van der Waals surface area contributed by atoms with Gasteiger partial charge < -0.3 is 4.74 Å². The molecule has 0 spiro atoms. The summed E-state index contributed by atoms with van der Waals surface area (Å²) in [6.45, 7) is 2.72. The number of aromatic nitrogens is 3. The second-order valence-corrected chi connectivity index (χ2v) is 8.79. The van der Waals surface area contributed by atoms with Gasteiger partial charge in [0.2, 0.25) is 0 Å². The molecule has 30 heavy (non-hydrogen) atoms. The van der Waals surface area contributed by atoms with Crippen molar-refractivity contribution >= 4 is 23.5 Å². The maximum absolute atomic E-state index is 5.81. The molecule has 6 heteroatoms. The average Bonchev–Trinajstić information content (AvgIpc) is 3.20. The van der Waals surface area contributed by atoms with Crippen molar-refractivity contribution < 1.29 is 4.74 Å². The molecule has 0 aliphatic carbocycles. The van der Waals surface area contributed by atoms with E-state index in [0.29, 0.717) is 6.61 Å². The number of benzene rings is 3. The van der Waals surface area contributed by atoms with Crippen LogP contribution in [0.3, 0.4) is 0 Å². The summed E-state index contributed by atoms with van der Waals surface area (Å²) in [5.41, 5.74) is 2.34. The van der Waals surface area contributed by atoms with Crippen LogP contribution in [0.5, 0.6) is 5.75 Å². The number of ether oxygens (including phenoxy) is 1. The fourth-order valence-corrected chi connectivity index (χ4v) is 4.51. The molecule has 0 amide bonds. The van der Waals surface area contributed by atoms with Crippen molar-refractivity contribution in [1.82, 2.24) is 14.8 Å². The summed E-state index contributed by atoms with van der Waals surface area (Å²) in [7, 11) is 0. The summed E-state index contributed by atoms with van der Waals surface area (Å²) in [5, 5.41) is 9.85. The van der Waals surface area contributed by atoms with Gasteiger partial charge in [0.05, 0.1) is 12.4 Å². The summed E-state index contributed by atoms with van der Waals surface area (Å²) >= 11 is 3.43. The fraction of sp³-hybridized carbons (Fsp3) is 0.167. The first-order chi connectivity index (χ1) is 14.8. The van der Waals surface area contributed by atoms with Crippen LogP contribution in [-0.4, -0.2) is 27.1 Å². The van der Waals surface area contributed by atoms with E-state index >= 15 is 0 Å². The van der Waals surface area contributed by atoms with Crippen molar-refractivity contribution in [1.29, 1.82) is 0 Å². The molecular weight excluding hydrogens is 410 g/mol. The molecule has 4 rings (SSSR count). The van der Waals surface area contributed by atoms with Crippen molar-refractivity contribution in [3.05, 3.63) is 96.3 Å². The molecule has 0 fully saturated rings. The monoisotopic (exact) mass is 433 g/mol. The highest BCUT2D eigenvalue weighted by molar-refractivity contribution is 7.99. The Morgan fingerprint density at radius 2 is 1.50 bits per heavy atom. The van der Waals surface area contributed by atoms with Gasteiger partial charge in [-0.3, -0.25) is 4.57 Å². The van der Waals surface area contributed by atoms with Gasteiger partial charge >= 0.3 is 0 Å². The molecule has 0 saturated carbocycles. The topological polar surface area (TPSA) is 39.9 Å². The molecule has 1 aromatic heterocycles. The first-order valence-corrected chi connectivity index (χ1v) is 11.8. The summed E-state index contributed by atoms with van der Waals surface area (Å²) < 4.78 is 7.96. The second-order valence-electron chi connectivity index (χ2n) is 6.68. The van der Waals surface area contributed by atoms with Gasteiger partial charge in [-0.15, -0.1) is 22.0 Å². The Morgan fingerprint density at radius 3 is 2.23 bits per heavy atom. The summed E-state index contributed by atoms with van der Waals surface area (Å²) in [6, 6.07) is 28.7. The van der Waals surface area contributed by atoms with Gasteiger partial charge in [0.15, 0.2) is 5.16 Å². The van der Waals surface area contributed by atoms with Crippen LogP contribution in [-0.2, 0) is 5.75 Å². The lowest BCUT2D eigenvalue weighted by atomic mass is 10.2. The number of hydrogen-bond donors (Lipinski definition) is 0. The Balaban J connectivity index is 1.45. The molecule has 1 heterocycles. The van der Waals surface area contributed by atoms with Gasteiger partial charge in [-0.1, -0.05) is 65.9 Å². The smallest absolute Gasteiger partial charge is 0.195 e. The average molecular weight is 434 g/mol. The first-order valence-electron chi connectivity index (χ1n) is 9.79. The van der Waals surface area contributed by atoms with Gasteiger partial charge in [-0.05, 0) is 43.3 Å². The molecule has 0 unspecified atom stereocenters. The maximum Gasteiger partial charge on any atom is 0.195 e. The minimum absolute atomic E-state index is 0.615. The molecule has 0 aliphatic rings. The van der Waals surface area contributed by atoms with Crippen molar-refractivity contribution in [2.24, 2.45) is 0 Å². The zero-order valence-electron chi connectivity index (χ0n) is 16.8. The van der Waals surface area contributed by atoms with Gasteiger partial charge in [0, 0.05) is 16.3 Å².